The summed E-state index contributed by atoms with van der Waals surface area (Å²) in [5.74, 6) is -0.754. The molecule has 2 heteroatoms. The average molecular weight is 254 g/mol. The molecule has 1 unspecified atom stereocenters. The molecule has 0 aliphatic carbocycles. The Morgan fingerprint density at radius 3 is 2.17 bits per heavy atom. The van der Waals surface area contributed by atoms with Crippen LogP contribution in [0.25, 0.3) is 0 Å². The van der Waals surface area contributed by atoms with Gasteiger partial charge < -0.3 is 5.11 Å². The van der Waals surface area contributed by atoms with Gasteiger partial charge >= 0.3 is 5.97 Å². The van der Waals surface area contributed by atoms with E-state index in [0.29, 0.717) is 0 Å². The van der Waals surface area contributed by atoms with Gasteiger partial charge in [0.1, 0.15) is 0 Å². The first kappa shape index (κ1) is 17.2. The van der Waals surface area contributed by atoms with Crippen LogP contribution in [0, 0.1) is 5.92 Å². The van der Waals surface area contributed by atoms with Crippen LogP contribution >= 0.6 is 0 Å². The lowest BCUT2D eigenvalue weighted by atomic mass is 9.98. The molecule has 1 N–H and O–H groups in total. The maximum absolute atomic E-state index is 10.8. The van der Waals surface area contributed by atoms with Crippen LogP contribution in [-0.2, 0) is 4.79 Å². The molecule has 0 heterocycles. The standard InChI is InChI=1S/C16H30O2/c1-3-5-6-7-8-9-10-11-12-13-14-15(4-2)16(17)18/h7-8,15H,3-6,9-14H2,1-2H3,(H,17,18)/b8-7-. The molecule has 2 nitrogen and oxygen atoms in total. The van der Waals surface area contributed by atoms with Crippen LogP contribution in [0.3, 0.4) is 0 Å². The molecule has 0 aliphatic heterocycles. The van der Waals surface area contributed by atoms with Gasteiger partial charge in [-0.15, -0.1) is 0 Å². The number of carboxylic acids is 1. The first-order valence-corrected chi connectivity index (χ1v) is 7.60. The van der Waals surface area contributed by atoms with Crippen molar-refractivity contribution in [3.63, 3.8) is 0 Å². The minimum atomic E-state index is -0.628. The number of unbranched alkanes of at least 4 members (excludes halogenated alkanes) is 6. The van der Waals surface area contributed by atoms with Crippen molar-refractivity contribution in [2.24, 2.45) is 5.92 Å². The zero-order valence-electron chi connectivity index (χ0n) is 12.2. The first-order valence-electron chi connectivity index (χ1n) is 7.60. The highest BCUT2D eigenvalue weighted by atomic mass is 16.4. The number of carboxylic acid groups (broad SMARTS) is 1. The molecule has 0 fully saturated rings. The second kappa shape index (κ2) is 12.7. The normalized spacial score (nSPS) is 13.0. The van der Waals surface area contributed by atoms with E-state index in [-0.39, 0.29) is 5.92 Å². The van der Waals surface area contributed by atoms with E-state index in [9.17, 15) is 4.79 Å². The summed E-state index contributed by atoms with van der Waals surface area (Å²) in [6, 6.07) is 0. The van der Waals surface area contributed by atoms with E-state index in [1.54, 1.807) is 0 Å². The second-order valence-electron chi connectivity index (χ2n) is 5.05. The summed E-state index contributed by atoms with van der Waals surface area (Å²) in [7, 11) is 0. The third kappa shape index (κ3) is 10.4. The van der Waals surface area contributed by atoms with E-state index in [1.807, 2.05) is 6.92 Å². The Balaban J connectivity index is 3.30. The summed E-state index contributed by atoms with van der Waals surface area (Å²) in [5, 5.41) is 8.91. The SMILES string of the molecule is CCCC/C=C\CCCCCCC(CC)C(=O)O. The Morgan fingerprint density at radius 1 is 1.00 bits per heavy atom. The van der Waals surface area contributed by atoms with Crippen molar-refractivity contribution in [3.8, 4) is 0 Å². The molecular weight excluding hydrogens is 224 g/mol. The summed E-state index contributed by atoms with van der Waals surface area (Å²) in [5.41, 5.74) is 0. The van der Waals surface area contributed by atoms with E-state index in [1.165, 1.54) is 44.9 Å². The number of carbonyl (C=O) groups is 1. The zero-order valence-corrected chi connectivity index (χ0v) is 12.2. The van der Waals surface area contributed by atoms with Gasteiger partial charge in [0, 0.05) is 0 Å². The minimum Gasteiger partial charge on any atom is -0.481 e. The van der Waals surface area contributed by atoms with Crippen LogP contribution in [-0.4, -0.2) is 11.1 Å². The fourth-order valence-corrected chi connectivity index (χ4v) is 2.07. The van der Waals surface area contributed by atoms with Crippen LogP contribution in [0.5, 0.6) is 0 Å². The molecule has 0 spiro atoms. The number of hydrogen-bond donors (Lipinski definition) is 1. The van der Waals surface area contributed by atoms with Crippen molar-refractivity contribution in [2.75, 3.05) is 0 Å². The van der Waals surface area contributed by atoms with Crippen molar-refractivity contribution >= 4 is 5.97 Å². The molecule has 0 aromatic carbocycles. The lowest BCUT2D eigenvalue weighted by molar-refractivity contribution is -0.142. The van der Waals surface area contributed by atoms with E-state index in [0.717, 1.165) is 19.3 Å². The summed E-state index contributed by atoms with van der Waals surface area (Å²) < 4.78 is 0. The van der Waals surface area contributed by atoms with Crippen molar-refractivity contribution in [1.82, 2.24) is 0 Å². The topological polar surface area (TPSA) is 37.3 Å². The quantitative estimate of drug-likeness (QED) is 0.384. The van der Waals surface area contributed by atoms with Crippen LogP contribution in [0.2, 0.25) is 0 Å². The number of rotatable bonds is 12. The lowest BCUT2D eigenvalue weighted by Crippen LogP contribution is -2.12. The molecule has 0 aliphatic rings. The van der Waals surface area contributed by atoms with E-state index in [4.69, 9.17) is 5.11 Å². The van der Waals surface area contributed by atoms with Gasteiger partial charge in [0.2, 0.25) is 0 Å². The maximum atomic E-state index is 10.8. The Labute approximate surface area is 112 Å². The number of hydrogen-bond acceptors (Lipinski definition) is 1. The van der Waals surface area contributed by atoms with E-state index < -0.39 is 5.97 Å². The van der Waals surface area contributed by atoms with Gasteiger partial charge in [-0.3, -0.25) is 4.79 Å². The largest absolute Gasteiger partial charge is 0.481 e. The molecule has 0 bridgehead atoms. The van der Waals surface area contributed by atoms with Crippen LogP contribution in [0.1, 0.15) is 78.1 Å². The Morgan fingerprint density at radius 2 is 1.61 bits per heavy atom. The highest BCUT2D eigenvalue weighted by Gasteiger charge is 2.13. The predicted octanol–water partition coefficient (Wildman–Crippen LogP) is 5.18. The van der Waals surface area contributed by atoms with Crippen molar-refractivity contribution < 1.29 is 9.90 Å². The molecule has 0 aromatic rings. The Kier molecular flexibility index (Phi) is 12.1. The van der Waals surface area contributed by atoms with Gasteiger partial charge in [0.05, 0.1) is 5.92 Å². The van der Waals surface area contributed by atoms with Crippen molar-refractivity contribution in [1.29, 1.82) is 0 Å². The maximum Gasteiger partial charge on any atom is 0.306 e. The molecular formula is C16H30O2. The van der Waals surface area contributed by atoms with Crippen molar-refractivity contribution in [2.45, 2.75) is 78.1 Å². The van der Waals surface area contributed by atoms with Crippen LogP contribution < -0.4 is 0 Å². The van der Waals surface area contributed by atoms with Gasteiger partial charge in [-0.2, -0.15) is 0 Å². The van der Waals surface area contributed by atoms with Gasteiger partial charge in [-0.1, -0.05) is 58.1 Å². The average Bonchev–Trinajstić information content (AvgIpc) is 2.35. The van der Waals surface area contributed by atoms with E-state index in [2.05, 4.69) is 19.1 Å². The summed E-state index contributed by atoms with van der Waals surface area (Å²) >= 11 is 0. The predicted molar refractivity (Wildman–Crippen MR) is 77.8 cm³/mol. The van der Waals surface area contributed by atoms with Gasteiger partial charge in [0.25, 0.3) is 0 Å². The molecule has 0 rings (SSSR count). The third-order valence-corrected chi connectivity index (χ3v) is 3.41. The molecule has 1 atom stereocenters. The molecule has 0 aromatic heterocycles. The summed E-state index contributed by atoms with van der Waals surface area (Å²) in [4.78, 5) is 10.8. The molecule has 106 valence electrons. The molecule has 0 amide bonds. The second-order valence-corrected chi connectivity index (χ2v) is 5.05. The third-order valence-electron chi connectivity index (χ3n) is 3.41. The number of aliphatic carboxylic acids is 1. The first-order chi connectivity index (χ1) is 8.72. The van der Waals surface area contributed by atoms with Crippen LogP contribution in [0.15, 0.2) is 12.2 Å². The Hall–Kier alpha value is -0.790. The zero-order chi connectivity index (χ0) is 13.6. The Bertz CT molecular complexity index is 221. The molecule has 0 saturated heterocycles. The van der Waals surface area contributed by atoms with Gasteiger partial charge in [-0.05, 0) is 32.1 Å². The fourth-order valence-electron chi connectivity index (χ4n) is 2.07. The summed E-state index contributed by atoms with van der Waals surface area (Å²) in [6.45, 7) is 4.18. The molecule has 0 saturated carbocycles. The summed E-state index contributed by atoms with van der Waals surface area (Å²) in [6.07, 6.45) is 15.9. The number of allylic oxidation sites excluding steroid dienone is 2. The van der Waals surface area contributed by atoms with Gasteiger partial charge in [0.15, 0.2) is 0 Å². The minimum absolute atomic E-state index is 0.126. The van der Waals surface area contributed by atoms with Gasteiger partial charge in [-0.25, -0.2) is 0 Å². The van der Waals surface area contributed by atoms with E-state index >= 15 is 0 Å². The highest BCUT2D eigenvalue weighted by molar-refractivity contribution is 5.69. The fraction of sp³-hybridized carbons (Fsp3) is 0.812. The monoisotopic (exact) mass is 254 g/mol. The molecule has 0 radical (unpaired) electrons. The lowest BCUT2D eigenvalue weighted by Gasteiger charge is -2.08. The molecule has 18 heavy (non-hydrogen) atoms. The van der Waals surface area contributed by atoms with Crippen molar-refractivity contribution in [3.05, 3.63) is 12.2 Å². The highest BCUT2D eigenvalue weighted by Crippen LogP contribution is 2.15. The van der Waals surface area contributed by atoms with Crippen LogP contribution in [0.4, 0.5) is 0 Å². The smallest absolute Gasteiger partial charge is 0.306 e.